The monoisotopic (exact) mass is 242 g/mol. The van der Waals surface area contributed by atoms with Crippen molar-refractivity contribution in [3.63, 3.8) is 0 Å². The fourth-order valence-corrected chi connectivity index (χ4v) is 2.51. The number of amidine groups is 1. The van der Waals surface area contributed by atoms with Gasteiger partial charge in [0.15, 0.2) is 5.69 Å². The summed E-state index contributed by atoms with van der Waals surface area (Å²) in [4.78, 5) is 15.0. The largest absolute Gasteiger partial charge is 0.358 e. The van der Waals surface area contributed by atoms with Crippen LogP contribution in [0.4, 0.5) is 5.69 Å². The Labute approximate surface area is 106 Å². The summed E-state index contributed by atoms with van der Waals surface area (Å²) in [7, 11) is 0. The van der Waals surface area contributed by atoms with Gasteiger partial charge in [-0.15, -0.1) is 13.2 Å². The molecule has 0 aromatic heterocycles. The average Bonchev–Trinajstić information content (AvgIpc) is 2.66. The second-order valence-corrected chi connectivity index (χ2v) is 4.28. The highest BCUT2D eigenvalue weighted by Crippen LogP contribution is 2.45. The van der Waals surface area contributed by atoms with E-state index in [4.69, 9.17) is 0 Å². The highest BCUT2D eigenvalue weighted by Gasteiger charge is 2.50. The van der Waals surface area contributed by atoms with Gasteiger partial charge in [0.1, 0.15) is 5.41 Å². The molecule has 0 unspecified atom stereocenters. The first kappa shape index (κ1) is 12.2. The van der Waals surface area contributed by atoms with E-state index < -0.39 is 10.3 Å². The maximum Gasteiger partial charge on any atom is 0.350 e. The molecule has 92 valence electrons. The first-order valence-electron chi connectivity index (χ1n) is 5.70. The first-order valence-corrected chi connectivity index (χ1v) is 5.70. The van der Waals surface area contributed by atoms with Crippen LogP contribution in [0.25, 0.3) is 0 Å². The highest BCUT2D eigenvalue weighted by atomic mass is 16.6. The van der Waals surface area contributed by atoms with Crippen molar-refractivity contribution in [2.75, 3.05) is 0 Å². The molecule has 1 aliphatic rings. The van der Waals surface area contributed by atoms with Gasteiger partial charge in [0.05, 0.1) is 0 Å². The van der Waals surface area contributed by atoms with E-state index in [1.54, 1.807) is 18.2 Å². The zero-order valence-corrected chi connectivity index (χ0v) is 10.0. The van der Waals surface area contributed by atoms with Crippen molar-refractivity contribution in [3.05, 3.63) is 65.3 Å². The molecular weight excluding hydrogens is 228 g/mol. The molecule has 0 radical (unpaired) electrons. The van der Waals surface area contributed by atoms with Crippen LogP contribution < -0.4 is 0 Å². The van der Waals surface area contributed by atoms with Gasteiger partial charge in [0, 0.05) is 5.56 Å². The van der Waals surface area contributed by atoms with Gasteiger partial charge >= 0.3 is 5.84 Å². The smallest absolute Gasteiger partial charge is 0.350 e. The number of allylic oxidation sites excluding steroid dienone is 2. The summed E-state index contributed by atoms with van der Waals surface area (Å²) in [5.74, 6) is -0.0106. The lowest BCUT2D eigenvalue weighted by molar-refractivity contribution is -0.357. The van der Waals surface area contributed by atoms with Crippen molar-refractivity contribution in [1.29, 1.82) is 0 Å². The van der Waals surface area contributed by atoms with Crippen molar-refractivity contribution in [3.8, 4) is 0 Å². The molecule has 4 heteroatoms. The molecular formula is C14H14N2O2. The topological polar surface area (TPSA) is 55.5 Å². The second-order valence-electron chi connectivity index (χ2n) is 4.28. The Morgan fingerprint density at radius 1 is 1.28 bits per heavy atom. The molecule has 0 saturated heterocycles. The Morgan fingerprint density at radius 2 is 1.89 bits per heavy atom. The lowest BCUT2D eigenvalue weighted by Gasteiger charge is -2.24. The van der Waals surface area contributed by atoms with Gasteiger partial charge in [-0.3, -0.25) is 0 Å². The standard InChI is InChI=1S/C14H14N2O2/c1-3-9-14(10-4-2)11-7-5-6-8-12(11)15-13(14)16(17)18/h3-8H,1-2,9-10H2. The van der Waals surface area contributed by atoms with Crippen LogP contribution in [-0.4, -0.2) is 10.8 Å². The number of benzene rings is 1. The number of hydrogen-bond donors (Lipinski definition) is 0. The van der Waals surface area contributed by atoms with Gasteiger partial charge in [-0.1, -0.05) is 30.4 Å². The van der Waals surface area contributed by atoms with Crippen LogP contribution in [0.5, 0.6) is 0 Å². The van der Waals surface area contributed by atoms with E-state index in [1.165, 1.54) is 0 Å². The Morgan fingerprint density at radius 3 is 2.44 bits per heavy atom. The number of nitro groups is 1. The summed E-state index contributed by atoms with van der Waals surface area (Å²) in [6, 6.07) is 7.39. The third-order valence-corrected chi connectivity index (χ3v) is 3.23. The molecule has 18 heavy (non-hydrogen) atoms. The summed E-state index contributed by atoms with van der Waals surface area (Å²) in [6.45, 7) is 7.41. The SMILES string of the molecule is C=CCC1(CC=C)C([N+](=O)[O-])=Nc2ccccc21. The number of hydrogen-bond acceptors (Lipinski definition) is 3. The normalized spacial score (nSPS) is 15.7. The Kier molecular flexibility index (Phi) is 3.10. The molecule has 0 amide bonds. The van der Waals surface area contributed by atoms with Gasteiger partial charge in [-0.25, -0.2) is 0 Å². The molecule has 1 aromatic rings. The molecule has 0 fully saturated rings. The molecule has 1 aliphatic heterocycles. The van der Waals surface area contributed by atoms with Crippen LogP contribution in [0.2, 0.25) is 0 Å². The summed E-state index contributed by atoms with van der Waals surface area (Å²) in [6.07, 6.45) is 4.36. The molecule has 0 aliphatic carbocycles. The molecule has 0 N–H and O–H groups in total. The van der Waals surface area contributed by atoms with Crippen LogP contribution in [0.3, 0.4) is 0 Å². The van der Waals surface area contributed by atoms with Gasteiger partial charge in [-0.05, 0) is 28.8 Å². The van der Waals surface area contributed by atoms with Crippen LogP contribution in [0, 0.1) is 10.1 Å². The van der Waals surface area contributed by atoms with E-state index in [1.807, 2.05) is 18.2 Å². The number of nitrogens with zero attached hydrogens (tertiary/aromatic N) is 2. The quantitative estimate of drug-likeness (QED) is 0.461. The third kappa shape index (κ3) is 1.66. The summed E-state index contributed by atoms with van der Waals surface area (Å²) in [5.41, 5.74) is 0.841. The Balaban J connectivity index is 2.65. The zero-order valence-electron chi connectivity index (χ0n) is 10.0. The predicted molar refractivity (Wildman–Crippen MR) is 71.8 cm³/mol. The maximum atomic E-state index is 11.2. The van der Waals surface area contributed by atoms with Crippen molar-refractivity contribution in [1.82, 2.24) is 0 Å². The van der Waals surface area contributed by atoms with Crippen LogP contribution in [0.15, 0.2) is 54.6 Å². The fourth-order valence-electron chi connectivity index (χ4n) is 2.51. The fraction of sp³-hybridized carbons (Fsp3) is 0.214. The van der Waals surface area contributed by atoms with Gasteiger partial charge in [0.2, 0.25) is 0 Å². The second kappa shape index (κ2) is 4.56. The van der Waals surface area contributed by atoms with Crippen molar-refractivity contribution in [2.24, 2.45) is 4.99 Å². The van der Waals surface area contributed by atoms with Crippen molar-refractivity contribution in [2.45, 2.75) is 18.3 Å². The Hall–Kier alpha value is -2.23. The van der Waals surface area contributed by atoms with Crippen molar-refractivity contribution >= 4 is 11.5 Å². The molecule has 0 spiro atoms. The van der Waals surface area contributed by atoms with E-state index in [2.05, 4.69) is 18.2 Å². The minimum Gasteiger partial charge on any atom is -0.358 e. The lowest BCUT2D eigenvalue weighted by Crippen LogP contribution is -2.37. The van der Waals surface area contributed by atoms with E-state index in [0.29, 0.717) is 18.5 Å². The molecule has 0 bridgehead atoms. The maximum absolute atomic E-state index is 11.2. The number of rotatable bonds is 4. The summed E-state index contributed by atoms with van der Waals surface area (Å²) in [5, 5.41) is 11.2. The van der Waals surface area contributed by atoms with E-state index in [-0.39, 0.29) is 5.84 Å². The van der Waals surface area contributed by atoms with Crippen LogP contribution in [0.1, 0.15) is 18.4 Å². The lowest BCUT2D eigenvalue weighted by atomic mass is 9.75. The number of aliphatic imine (C=N–C) groups is 1. The number of para-hydroxylation sites is 1. The molecule has 2 rings (SSSR count). The minimum atomic E-state index is -0.719. The predicted octanol–water partition coefficient (Wildman–Crippen LogP) is 3.40. The van der Waals surface area contributed by atoms with Crippen molar-refractivity contribution < 1.29 is 4.92 Å². The van der Waals surface area contributed by atoms with Crippen LogP contribution >= 0.6 is 0 Å². The molecule has 0 saturated carbocycles. The molecule has 1 aromatic carbocycles. The number of fused-ring (bicyclic) bond motifs is 1. The highest BCUT2D eigenvalue weighted by molar-refractivity contribution is 5.95. The Bertz CT molecular complexity index is 536. The van der Waals surface area contributed by atoms with Gasteiger partial charge in [0.25, 0.3) is 0 Å². The molecule has 1 heterocycles. The van der Waals surface area contributed by atoms with E-state index in [9.17, 15) is 10.1 Å². The van der Waals surface area contributed by atoms with Gasteiger partial charge < -0.3 is 10.1 Å². The third-order valence-electron chi connectivity index (χ3n) is 3.23. The summed E-state index contributed by atoms with van der Waals surface area (Å²) >= 11 is 0. The van der Waals surface area contributed by atoms with Gasteiger partial charge in [-0.2, -0.15) is 0 Å². The first-order chi connectivity index (χ1) is 8.65. The zero-order chi connectivity index (χ0) is 13.2. The van der Waals surface area contributed by atoms with E-state index >= 15 is 0 Å². The average molecular weight is 242 g/mol. The molecule has 4 nitrogen and oxygen atoms in total. The minimum absolute atomic E-state index is 0.0106. The van der Waals surface area contributed by atoms with E-state index in [0.717, 1.165) is 5.56 Å². The van der Waals surface area contributed by atoms with Crippen LogP contribution in [-0.2, 0) is 5.41 Å². The molecule has 0 atom stereocenters. The summed E-state index contributed by atoms with van der Waals surface area (Å²) < 4.78 is 0.